The Labute approximate surface area is 216 Å². The molecule has 37 heavy (non-hydrogen) atoms. The number of hydrogen-bond acceptors (Lipinski definition) is 5. The second kappa shape index (κ2) is 8.76. The summed E-state index contributed by atoms with van der Waals surface area (Å²) in [5.74, 6) is 0.162. The summed E-state index contributed by atoms with van der Waals surface area (Å²) in [5, 5.41) is 12.0. The lowest BCUT2D eigenvalue weighted by Gasteiger charge is -2.31. The summed E-state index contributed by atoms with van der Waals surface area (Å²) in [7, 11) is 1.67. The van der Waals surface area contributed by atoms with E-state index in [9.17, 15) is 9.59 Å². The number of aromatic carboxylic acids is 1. The van der Waals surface area contributed by atoms with E-state index in [-0.39, 0.29) is 22.6 Å². The van der Waals surface area contributed by atoms with Gasteiger partial charge in [-0.2, -0.15) is 0 Å². The first kappa shape index (κ1) is 24.6. The minimum absolute atomic E-state index is 0.131. The molecule has 0 aromatic heterocycles. The van der Waals surface area contributed by atoms with Crippen LogP contribution in [0.1, 0.15) is 70.7 Å². The maximum absolute atomic E-state index is 12.9. The predicted molar refractivity (Wildman–Crippen MR) is 143 cm³/mol. The van der Waals surface area contributed by atoms with E-state index >= 15 is 0 Å². The maximum atomic E-state index is 12.9. The van der Waals surface area contributed by atoms with Crippen LogP contribution in [0.3, 0.4) is 0 Å². The maximum Gasteiger partial charge on any atom is 0.335 e. The second-order valence-electron chi connectivity index (χ2n) is 10.8. The lowest BCUT2D eigenvalue weighted by Crippen LogP contribution is -2.30. The summed E-state index contributed by atoms with van der Waals surface area (Å²) in [5.41, 5.74) is 5.57. The molecular weight excluding hydrogens is 468 g/mol. The summed E-state index contributed by atoms with van der Waals surface area (Å²) in [6.07, 6.45) is 1.52. The molecule has 2 aliphatic heterocycles. The first-order valence-electron chi connectivity index (χ1n) is 12.2. The van der Waals surface area contributed by atoms with Crippen LogP contribution in [0.25, 0.3) is 0 Å². The molecular formula is C30H30N2O5. The molecule has 2 N–H and O–H groups in total. The van der Waals surface area contributed by atoms with Crippen LogP contribution < -0.4 is 14.8 Å². The van der Waals surface area contributed by atoms with E-state index in [0.717, 1.165) is 46.7 Å². The average Bonchev–Trinajstić information content (AvgIpc) is 3.17. The van der Waals surface area contributed by atoms with Gasteiger partial charge < -0.3 is 19.9 Å². The Morgan fingerprint density at radius 1 is 1.00 bits per heavy atom. The number of aliphatic imine (C=N–C) groups is 1. The van der Waals surface area contributed by atoms with Gasteiger partial charge in [0.25, 0.3) is 5.91 Å². The third-order valence-corrected chi connectivity index (χ3v) is 6.69. The van der Waals surface area contributed by atoms with Crippen molar-refractivity contribution in [1.29, 1.82) is 0 Å². The molecule has 190 valence electrons. The van der Waals surface area contributed by atoms with Gasteiger partial charge in [-0.1, -0.05) is 12.1 Å². The Morgan fingerprint density at radius 3 is 2.38 bits per heavy atom. The van der Waals surface area contributed by atoms with Crippen molar-refractivity contribution >= 4 is 23.3 Å². The van der Waals surface area contributed by atoms with Crippen molar-refractivity contribution in [2.45, 2.75) is 51.7 Å². The summed E-state index contributed by atoms with van der Waals surface area (Å²) < 4.78 is 12.0. The smallest absolute Gasteiger partial charge is 0.335 e. The minimum atomic E-state index is -1.03. The molecule has 3 aromatic rings. The van der Waals surface area contributed by atoms with E-state index in [2.05, 4.69) is 39.1 Å². The molecule has 0 fully saturated rings. The first-order valence-corrected chi connectivity index (χ1v) is 12.2. The monoisotopic (exact) mass is 498 g/mol. The van der Waals surface area contributed by atoms with Gasteiger partial charge in [0, 0.05) is 34.4 Å². The number of ether oxygens (including phenoxy) is 2. The molecule has 2 heterocycles. The zero-order valence-corrected chi connectivity index (χ0v) is 21.6. The molecule has 7 nitrogen and oxygen atoms in total. The number of nitrogens with one attached hydrogen (secondary N) is 1. The molecule has 0 saturated heterocycles. The zero-order chi connectivity index (χ0) is 26.5. The lowest BCUT2D eigenvalue weighted by atomic mass is 9.81. The highest BCUT2D eigenvalue weighted by Crippen LogP contribution is 2.47. The Morgan fingerprint density at radius 2 is 1.70 bits per heavy atom. The Kier molecular flexibility index (Phi) is 5.82. The number of nitrogens with zero attached hydrogens (tertiary/aromatic N) is 1. The van der Waals surface area contributed by atoms with Gasteiger partial charge in [-0.15, -0.1) is 0 Å². The largest absolute Gasteiger partial charge is 0.493 e. The van der Waals surface area contributed by atoms with Crippen LogP contribution in [0.5, 0.6) is 11.5 Å². The van der Waals surface area contributed by atoms with E-state index in [1.54, 1.807) is 7.11 Å². The second-order valence-corrected chi connectivity index (χ2v) is 10.8. The molecule has 7 heteroatoms. The highest BCUT2D eigenvalue weighted by atomic mass is 16.5. The Bertz CT molecular complexity index is 1450. The fraction of sp³-hybridized carbons (Fsp3) is 0.300. The molecule has 2 aliphatic rings. The van der Waals surface area contributed by atoms with Crippen LogP contribution in [0.15, 0.2) is 59.6 Å². The number of fused-ring (bicyclic) bond motifs is 3. The third kappa shape index (κ3) is 4.69. The normalized spacial score (nSPS) is 16.6. The van der Waals surface area contributed by atoms with Gasteiger partial charge in [-0.25, -0.2) is 4.79 Å². The molecule has 3 aromatic carbocycles. The molecule has 0 spiro atoms. The number of amides is 1. The molecule has 0 atom stereocenters. The SMILES string of the molecule is COc1cc2c(c3c1OC(C)(C)C3)C(c1cccc(NC(=O)c3ccc(C(=O)O)cc3)c1)=NC(C)(C)C2. The van der Waals surface area contributed by atoms with Gasteiger partial charge in [-0.3, -0.25) is 9.79 Å². The number of anilines is 1. The Hall–Kier alpha value is -4.13. The first-order chi connectivity index (χ1) is 17.5. The number of carboxylic acids is 1. The van der Waals surface area contributed by atoms with Gasteiger partial charge >= 0.3 is 5.97 Å². The van der Waals surface area contributed by atoms with Crippen molar-refractivity contribution in [3.8, 4) is 11.5 Å². The van der Waals surface area contributed by atoms with E-state index in [0.29, 0.717) is 11.3 Å². The summed E-state index contributed by atoms with van der Waals surface area (Å²) in [4.78, 5) is 29.1. The van der Waals surface area contributed by atoms with Crippen LogP contribution in [0, 0.1) is 0 Å². The molecule has 0 bridgehead atoms. The number of methoxy groups -OCH3 is 1. The van der Waals surface area contributed by atoms with Crippen molar-refractivity contribution in [1.82, 2.24) is 0 Å². The van der Waals surface area contributed by atoms with Crippen LogP contribution in [0.4, 0.5) is 5.69 Å². The molecule has 1 amide bonds. The van der Waals surface area contributed by atoms with Crippen LogP contribution >= 0.6 is 0 Å². The predicted octanol–water partition coefficient (Wildman–Crippen LogP) is 5.53. The standard InChI is InChI=1S/C30H30N2O5/c1-29(2)15-20-14-23(36-5)26-22(16-30(3,4)37-26)24(20)25(32-29)19-7-6-8-21(13-19)31-27(33)17-9-11-18(12-10-17)28(34)35/h6-14H,15-16H2,1-5H3,(H,31,33)(H,34,35). The van der Waals surface area contributed by atoms with Crippen molar-refractivity contribution in [2.24, 2.45) is 4.99 Å². The quantitative estimate of drug-likeness (QED) is 0.482. The van der Waals surface area contributed by atoms with Gasteiger partial charge in [0.2, 0.25) is 0 Å². The van der Waals surface area contributed by atoms with E-state index in [1.807, 2.05) is 24.3 Å². The lowest BCUT2D eigenvalue weighted by molar-refractivity contribution is 0.0696. The minimum Gasteiger partial charge on any atom is -0.493 e. The summed E-state index contributed by atoms with van der Waals surface area (Å²) in [6, 6.07) is 15.6. The topological polar surface area (TPSA) is 97.2 Å². The number of carbonyl (C=O) groups excluding carboxylic acids is 1. The molecule has 0 aliphatic carbocycles. The van der Waals surface area contributed by atoms with Crippen molar-refractivity contribution in [2.75, 3.05) is 12.4 Å². The van der Waals surface area contributed by atoms with E-state index in [4.69, 9.17) is 19.6 Å². The highest BCUT2D eigenvalue weighted by molar-refractivity contribution is 6.17. The number of hydrogen-bond donors (Lipinski definition) is 2. The molecule has 0 radical (unpaired) electrons. The fourth-order valence-electron chi connectivity index (χ4n) is 5.14. The highest BCUT2D eigenvalue weighted by Gasteiger charge is 2.39. The van der Waals surface area contributed by atoms with Gasteiger partial charge in [0.05, 0.1) is 23.9 Å². The number of carboxylic acid groups (broad SMARTS) is 1. The average molecular weight is 499 g/mol. The third-order valence-electron chi connectivity index (χ3n) is 6.69. The number of benzene rings is 3. The molecule has 0 unspecified atom stereocenters. The van der Waals surface area contributed by atoms with Gasteiger partial charge in [0.1, 0.15) is 5.60 Å². The summed E-state index contributed by atoms with van der Waals surface area (Å²) >= 11 is 0. The summed E-state index contributed by atoms with van der Waals surface area (Å²) in [6.45, 7) is 8.37. The van der Waals surface area contributed by atoms with Crippen molar-refractivity contribution < 1.29 is 24.2 Å². The van der Waals surface area contributed by atoms with Gasteiger partial charge in [-0.05, 0) is 82.1 Å². The zero-order valence-electron chi connectivity index (χ0n) is 21.6. The van der Waals surface area contributed by atoms with Crippen LogP contribution in [0.2, 0.25) is 0 Å². The van der Waals surface area contributed by atoms with E-state index in [1.165, 1.54) is 29.8 Å². The Balaban J connectivity index is 1.53. The van der Waals surface area contributed by atoms with E-state index < -0.39 is 5.97 Å². The van der Waals surface area contributed by atoms with Gasteiger partial charge in [0.15, 0.2) is 11.5 Å². The number of rotatable bonds is 5. The van der Waals surface area contributed by atoms with Crippen molar-refractivity contribution in [3.63, 3.8) is 0 Å². The van der Waals surface area contributed by atoms with Crippen molar-refractivity contribution in [3.05, 3.63) is 88.0 Å². The van der Waals surface area contributed by atoms with Crippen LogP contribution in [-0.4, -0.2) is 40.9 Å². The van der Waals surface area contributed by atoms with Crippen LogP contribution in [-0.2, 0) is 12.8 Å². The molecule has 0 saturated carbocycles. The molecule has 5 rings (SSSR count). The number of carbonyl (C=O) groups is 2. The fourth-order valence-corrected chi connectivity index (χ4v) is 5.14.